The Kier molecular flexibility index (Phi) is 3.47. The second-order valence-corrected chi connectivity index (χ2v) is 5.65. The van der Waals surface area contributed by atoms with E-state index in [1.165, 1.54) is 12.8 Å². The van der Waals surface area contributed by atoms with Gasteiger partial charge in [0.1, 0.15) is 12.4 Å². The van der Waals surface area contributed by atoms with Gasteiger partial charge in [0.2, 0.25) is 5.91 Å². The highest BCUT2D eigenvalue weighted by Crippen LogP contribution is 2.32. The van der Waals surface area contributed by atoms with Crippen LogP contribution in [-0.4, -0.2) is 21.5 Å². The van der Waals surface area contributed by atoms with E-state index in [0.717, 1.165) is 23.3 Å². The molecule has 0 spiro atoms. The fourth-order valence-corrected chi connectivity index (χ4v) is 2.73. The average molecular weight is 271 g/mol. The maximum atomic E-state index is 12.2. The van der Waals surface area contributed by atoms with Crippen LogP contribution in [0.1, 0.15) is 32.5 Å². The number of aromatic nitrogens is 2. The first-order valence-corrected chi connectivity index (χ1v) is 7.42. The number of benzene rings is 1. The van der Waals surface area contributed by atoms with Gasteiger partial charge in [-0.3, -0.25) is 4.79 Å². The number of hydrogen-bond acceptors (Lipinski definition) is 2. The van der Waals surface area contributed by atoms with Gasteiger partial charge in [-0.05, 0) is 37.8 Å². The fraction of sp³-hybridized carbons (Fsp3) is 0.500. The quantitative estimate of drug-likeness (QED) is 0.908. The van der Waals surface area contributed by atoms with E-state index in [1.54, 1.807) is 0 Å². The summed E-state index contributed by atoms with van der Waals surface area (Å²) in [5, 5.41) is 3.11. The van der Waals surface area contributed by atoms with Crippen LogP contribution in [0.25, 0.3) is 11.0 Å². The fourth-order valence-electron chi connectivity index (χ4n) is 2.73. The Labute approximate surface area is 119 Å². The van der Waals surface area contributed by atoms with Crippen molar-refractivity contribution < 1.29 is 4.79 Å². The SMILES string of the molecule is CCc1nc2ccccc2n1CC(=O)N[C@@H](C)C1CC1. The zero-order valence-corrected chi connectivity index (χ0v) is 12.1. The lowest BCUT2D eigenvalue weighted by atomic mass is 10.2. The molecule has 1 heterocycles. The zero-order chi connectivity index (χ0) is 14.1. The van der Waals surface area contributed by atoms with Gasteiger partial charge in [0, 0.05) is 12.5 Å². The van der Waals surface area contributed by atoms with Gasteiger partial charge in [0.15, 0.2) is 0 Å². The summed E-state index contributed by atoms with van der Waals surface area (Å²) in [6, 6.07) is 8.29. The highest BCUT2D eigenvalue weighted by atomic mass is 16.2. The van der Waals surface area contributed by atoms with Gasteiger partial charge < -0.3 is 9.88 Å². The number of aryl methyl sites for hydroxylation is 1. The molecule has 1 N–H and O–H groups in total. The molecular weight excluding hydrogens is 250 g/mol. The van der Waals surface area contributed by atoms with Gasteiger partial charge >= 0.3 is 0 Å². The topological polar surface area (TPSA) is 46.9 Å². The highest BCUT2D eigenvalue weighted by molar-refractivity contribution is 5.81. The Hall–Kier alpha value is -1.84. The molecular formula is C16H21N3O. The summed E-state index contributed by atoms with van der Waals surface area (Å²) in [5.74, 6) is 1.74. The molecule has 0 radical (unpaired) electrons. The molecule has 106 valence electrons. The first-order chi connectivity index (χ1) is 9.69. The minimum absolute atomic E-state index is 0.0854. The van der Waals surface area contributed by atoms with Gasteiger partial charge in [-0.1, -0.05) is 19.1 Å². The summed E-state index contributed by atoms with van der Waals surface area (Å²) in [4.78, 5) is 16.8. The number of nitrogens with one attached hydrogen (secondary N) is 1. The Balaban J connectivity index is 1.80. The molecule has 1 aliphatic carbocycles. The van der Waals surface area contributed by atoms with Crippen LogP contribution in [0.15, 0.2) is 24.3 Å². The Morgan fingerprint density at radius 2 is 2.20 bits per heavy atom. The summed E-state index contributed by atoms with van der Waals surface area (Å²) in [6.45, 7) is 4.53. The lowest BCUT2D eigenvalue weighted by Crippen LogP contribution is -2.36. The third kappa shape index (κ3) is 2.55. The minimum Gasteiger partial charge on any atom is -0.352 e. The molecule has 1 saturated carbocycles. The van der Waals surface area contributed by atoms with Crippen molar-refractivity contribution >= 4 is 16.9 Å². The Morgan fingerprint density at radius 3 is 2.90 bits per heavy atom. The number of carbonyl (C=O) groups excluding carboxylic acids is 1. The molecule has 20 heavy (non-hydrogen) atoms. The molecule has 3 rings (SSSR count). The van der Waals surface area contributed by atoms with Crippen molar-refractivity contribution in [3.63, 3.8) is 0 Å². The van der Waals surface area contributed by atoms with E-state index in [4.69, 9.17) is 0 Å². The molecule has 4 nitrogen and oxygen atoms in total. The van der Waals surface area contributed by atoms with Crippen molar-refractivity contribution in [2.45, 2.75) is 45.7 Å². The maximum absolute atomic E-state index is 12.2. The summed E-state index contributed by atoms with van der Waals surface area (Å²) < 4.78 is 2.03. The van der Waals surface area contributed by atoms with Gasteiger partial charge in [-0.15, -0.1) is 0 Å². The molecule has 1 aromatic carbocycles. The van der Waals surface area contributed by atoms with E-state index in [0.29, 0.717) is 18.5 Å². The van der Waals surface area contributed by atoms with E-state index in [1.807, 2.05) is 28.8 Å². The summed E-state index contributed by atoms with van der Waals surface area (Å²) in [7, 11) is 0. The van der Waals surface area contributed by atoms with Crippen LogP contribution in [0.5, 0.6) is 0 Å². The molecule has 1 amide bonds. The van der Waals surface area contributed by atoms with Crippen LogP contribution in [0.3, 0.4) is 0 Å². The molecule has 4 heteroatoms. The molecule has 0 unspecified atom stereocenters. The van der Waals surface area contributed by atoms with Crippen molar-refractivity contribution in [1.29, 1.82) is 0 Å². The highest BCUT2D eigenvalue weighted by Gasteiger charge is 2.29. The summed E-state index contributed by atoms with van der Waals surface area (Å²) >= 11 is 0. The van der Waals surface area contributed by atoms with Gasteiger partial charge in [-0.25, -0.2) is 4.98 Å². The third-order valence-electron chi connectivity index (χ3n) is 4.07. The van der Waals surface area contributed by atoms with Crippen LogP contribution in [-0.2, 0) is 17.8 Å². The number of hydrogen-bond donors (Lipinski definition) is 1. The molecule has 1 aliphatic rings. The van der Waals surface area contributed by atoms with E-state index < -0.39 is 0 Å². The molecule has 1 aromatic heterocycles. The zero-order valence-electron chi connectivity index (χ0n) is 12.1. The average Bonchev–Trinajstić information content (AvgIpc) is 3.23. The van der Waals surface area contributed by atoms with E-state index in [2.05, 4.69) is 24.1 Å². The predicted octanol–water partition coefficient (Wildman–Crippen LogP) is 2.51. The number of fused-ring (bicyclic) bond motifs is 1. The van der Waals surface area contributed by atoms with Gasteiger partial charge in [0.05, 0.1) is 11.0 Å². The summed E-state index contributed by atoms with van der Waals surface area (Å²) in [6.07, 6.45) is 3.32. The second-order valence-electron chi connectivity index (χ2n) is 5.65. The largest absolute Gasteiger partial charge is 0.352 e. The first kappa shape index (κ1) is 13.2. The normalized spacial score (nSPS) is 16.3. The lowest BCUT2D eigenvalue weighted by molar-refractivity contribution is -0.122. The van der Waals surface area contributed by atoms with Crippen LogP contribution < -0.4 is 5.32 Å². The molecule has 1 fully saturated rings. The number of imidazole rings is 1. The first-order valence-electron chi connectivity index (χ1n) is 7.42. The molecule has 1 atom stereocenters. The van der Waals surface area contributed by atoms with Crippen molar-refractivity contribution in [1.82, 2.24) is 14.9 Å². The second kappa shape index (κ2) is 5.27. The molecule has 2 aromatic rings. The van der Waals surface area contributed by atoms with Crippen LogP contribution in [0.4, 0.5) is 0 Å². The van der Waals surface area contributed by atoms with Crippen molar-refractivity contribution in [3.05, 3.63) is 30.1 Å². The maximum Gasteiger partial charge on any atom is 0.240 e. The monoisotopic (exact) mass is 271 g/mol. The number of carbonyl (C=O) groups is 1. The Morgan fingerprint density at radius 1 is 1.45 bits per heavy atom. The van der Waals surface area contributed by atoms with E-state index in [9.17, 15) is 4.79 Å². The van der Waals surface area contributed by atoms with Gasteiger partial charge in [-0.2, -0.15) is 0 Å². The Bertz CT molecular complexity index is 628. The number of amides is 1. The third-order valence-corrected chi connectivity index (χ3v) is 4.07. The smallest absolute Gasteiger partial charge is 0.240 e. The van der Waals surface area contributed by atoms with Crippen molar-refractivity contribution in [2.75, 3.05) is 0 Å². The lowest BCUT2D eigenvalue weighted by Gasteiger charge is -2.14. The summed E-state index contributed by atoms with van der Waals surface area (Å²) in [5.41, 5.74) is 2.01. The van der Waals surface area contributed by atoms with Crippen LogP contribution in [0, 0.1) is 5.92 Å². The van der Waals surface area contributed by atoms with Crippen molar-refractivity contribution in [3.8, 4) is 0 Å². The molecule has 0 bridgehead atoms. The number of para-hydroxylation sites is 2. The molecule has 0 aliphatic heterocycles. The van der Waals surface area contributed by atoms with E-state index in [-0.39, 0.29) is 5.91 Å². The number of rotatable bonds is 5. The standard InChI is InChI=1S/C16H21N3O/c1-3-15-18-13-6-4-5-7-14(13)19(15)10-16(20)17-11(2)12-8-9-12/h4-7,11-12H,3,8-10H2,1-2H3,(H,17,20)/t11-/m0/s1. The minimum atomic E-state index is 0.0854. The van der Waals surface area contributed by atoms with Crippen LogP contribution in [0.2, 0.25) is 0 Å². The number of nitrogens with zero attached hydrogens (tertiary/aromatic N) is 2. The van der Waals surface area contributed by atoms with Gasteiger partial charge in [0.25, 0.3) is 0 Å². The van der Waals surface area contributed by atoms with E-state index >= 15 is 0 Å². The van der Waals surface area contributed by atoms with Crippen LogP contribution >= 0.6 is 0 Å². The van der Waals surface area contributed by atoms with Crippen molar-refractivity contribution in [2.24, 2.45) is 5.92 Å². The molecule has 0 saturated heterocycles. The predicted molar refractivity (Wildman–Crippen MR) is 79.4 cm³/mol.